The average molecular weight is 494 g/mol. The number of piperazine rings is 1. The van der Waals surface area contributed by atoms with Gasteiger partial charge >= 0.3 is 6.18 Å². The lowest BCUT2D eigenvalue weighted by Crippen LogP contribution is -2.49. The fourth-order valence-electron chi connectivity index (χ4n) is 4.62. The molecule has 3 heterocycles. The minimum atomic E-state index is -4.48. The molecule has 9 heteroatoms. The van der Waals surface area contributed by atoms with Crippen LogP contribution in [-0.4, -0.2) is 51.3 Å². The van der Waals surface area contributed by atoms with E-state index in [2.05, 4.69) is 20.1 Å². The molecule has 0 bridgehead atoms. The van der Waals surface area contributed by atoms with E-state index >= 15 is 0 Å². The number of carbonyl (C=O) groups is 1. The first kappa shape index (κ1) is 24.0. The predicted molar refractivity (Wildman–Crippen MR) is 131 cm³/mol. The normalized spacial score (nSPS) is 16.2. The average Bonchev–Trinajstić information content (AvgIpc) is 3.28. The summed E-state index contributed by atoms with van der Waals surface area (Å²) < 4.78 is 41.4. The molecule has 4 aromatic rings. The van der Waals surface area contributed by atoms with Crippen molar-refractivity contribution in [2.45, 2.75) is 18.8 Å². The number of hydrogen-bond donors (Lipinski definition) is 1. The van der Waals surface area contributed by atoms with Crippen LogP contribution in [0.5, 0.6) is 0 Å². The lowest BCUT2D eigenvalue weighted by molar-refractivity contribution is -0.137. The monoisotopic (exact) mass is 493 g/mol. The fourth-order valence-corrected chi connectivity index (χ4v) is 4.62. The first-order valence-electron chi connectivity index (χ1n) is 11.8. The van der Waals surface area contributed by atoms with Gasteiger partial charge in [0.2, 0.25) is 5.91 Å². The number of nitrogens with one attached hydrogen (secondary N) is 1. The fraction of sp³-hybridized carbons (Fsp3) is 0.259. The molecule has 2 aromatic carbocycles. The number of benzene rings is 2. The number of fused-ring (bicyclic) bond motifs is 1. The number of aromatic nitrogens is 2. The molecule has 6 nitrogen and oxygen atoms in total. The predicted octanol–water partition coefficient (Wildman–Crippen LogP) is 4.85. The van der Waals surface area contributed by atoms with Crippen molar-refractivity contribution in [1.29, 1.82) is 0 Å². The number of imidazole rings is 1. The van der Waals surface area contributed by atoms with E-state index in [0.717, 1.165) is 42.1 Å². The Labute approximate surface area is 207 Å². The number of pyridine rings is 1. The minimum absolute atomic E-state index is 0.126. The van der Waals surface area contributed by atoms with Crippen LogP contribution in [-0.2, 0) is 17.5 Å². The third-order valence-corrected chi connectivity index (χ3v) is 6.39. The van der Waals surface area contributed by atoms with Crippen molar-refractivity contribution in [2.75, 3.05) is 31.5 Å². The van der Waals surface area contributed by atoms with Crippen molar-refractivity contribution in [3.05, 3.63) is 102 Å². The lowest BCUT2D eigenvalue weighted by Gasteiger charge is -2.38. The zero-order chi connectivity index (χ0) is 25.1. The van der Waals surface area contributed by atoms with Crippen molar-refractivity contribution in [1.82, 2.24) is 19.2 Å². The molecule has 1 saturated heterocycles. The van der Waals surface area contributed by atoms with E-state index in [-0.39, 0.29) is 11.6 Å². The van der Waals surface area contributed by atoms with Crippen LogP contribution >= 0.6 is 0 Å². The Morgan fingerprint density at radius 3 is 2.42 bits per heavy atom. The van der Waals surface area contributed by atoms with Gasteiger partial charge in [-0.1, -0.05) is 42.5 Å². The molecule has 0 aliphatic carbocycles. The second-order valence-electron chi connectivity index (χ2n) is 8.89. The first-order valence-corrected chi connectivity index (χ1v) is 11.8. The quantitative estimate of drug-likeness (QED) is 0.417. The molecule has 1 unspecified atom stereocenters. The molecule has 1 aliphatic rings. The van der Waals surface area contributed by atoms with Gasteiger partial charge in [0.1, 0.15) is 11.7 Å². The molecule has 1 amide bonds. The Kier molecular flexibility index (Phi) is 6.75. The number of alkyl halides is 3. The summed E-state index contributed by atoms with van der Waals surface area (Å²) in [6.45, 7) is 3.48. The van der Waals surface area contributed by atoms with Crippen LogP contribution in [0.1, 0.15) is 22.9 Å². The zero-order valence-corrected chi connectivity index (χ0v) is 19.5. The van der Waals surface area contributed by atoms with Crippen LogP contribution in [0.2, 0.25) is 0 Å². The van der Waals surface area contributed by atoms with Gasteiger partial charge in [-0.05, 0) is 35.9 Å². The highest BCUT2D eigenvalue weighted by atomic mass is 19.4. The van der Waals surface area contributed by atoms with Gasteiger partial charge in [0.15, 0.2) is 0 Å². The molecule has 36 heavy (non-hydrogen) atoms. The van der Waals surface area contributed by atoms with E-state index in [1.807, 2.05) is 65.3 Å². The number of nitrogens with zero attached hydrogens (tertiary/aromatic N) is 4. The SMILES string of the molecule is O=C(Nc1cccc(C(F)(F)F)c1)C(c1ccccc1)N1CCN(Cc2cn3ccccc3n2)CC1. The molecule has 1 N–H and O–H groups in total. The van der Waals surface area contributed by atoms with E-state index in [9.17, 15) is 18.0 Å². The molecule has 1 fully saturated rings. The standard InChI is InChI=1S/C27H26F3N5O/c28-27(29,30)21-9-6-10-22(17-21)32-26(36)25(20-7-2-1-3-8-20)34-15-13-33(14-16-34)18-23-19-35-12-5-4-11-24(35)31-23/h1-12,17,19,25H,13-16,18H2,(H,32,36). The number of carbonyl (C=O) groups excluding carboxylic acids is 1. The molecule has 0 radical (unpaired) electrons. The number of hydrogen-bond acceptors (Lipinski definition) is 4. The maximum absolute atomic E-state index is 13.4. The van der Waals surface area contributed by atoms with Gasteiger partial charge in [-0.15, -0.1) is 0 Å². The Bertz CT molecular complexity index is 1300. The smallest absolute Gasteiger partial charge is 0.324 e. The van der Waals surface area contributed by atoms with Gasteiger partial charge in [0.05, 0.1) is 11.3 Å². The molecule has 2 aromatic heterocycles. The van der Waals surface area contributed by atoms with Crippen molar-refractivity contribution >= 4 is 17.2 Å². The van der Waals surface area contributed by atoms with Gasteiger partial charge in [0, 0.05) is 50.8 Å². The summed E-state index contributed by atoms with van der Waals surface area (Å²) >= 11 is 0. The minimum Gasteiger partial charge on any atom is -0.324 e. The van der Waals surface area contributed by atoms with Crippen molar-refractivity contribution in [2.24, 2.45) is 0 Å². The third-order valence-electron chi connectivity index (χ3n) is 6.39. The summed E-state index contributed by atoms with van der Waals surface area (Å²) in [6.07, 6.45) is -0.481. The first-order chi connectivity index (χ1) is 17.4. The van der Waals surface area contributed by atoms with Gasteiger partial charge in [-0.25, -0.2) is 4.98 Å². The van der Waals surface area contributed by atoms with Gasteiger partial charge in [-0.3, -0.25) is 14.6 Å². The Morgan fingerprint density at radius 2 is 1.69 bits per heavy atom. The van der Waals surface area contributed by atoms with Gasteiger partial charge in [-0.2, -0.15) is 13.2 Å². The van der Waals surface area contributed by atoms with Crippen LogP contribution in [0.15, 0.2) is 85.2 Å². The van der Waals surface area contributed by atoms with Crippen LogP contribution in [0.3, 0.4) is 0 Å². The summed E-state index contributed by atoms with van der Waals surface area (Å²) in [7, 11) is 0. The number of amides is 1. The third kappa shape index (κ3) is 5.42. The summed E-state index contributed by atoms with van der Waals surface area (Å²) in [6, 6.07) is 19.4. The highest BCUT2D eigenvalue weighted by molar-refractivity contribution is 5.95. The molecular weight excluding hydrogens is 467 g/mol. The van der Waals surface area contributed by atoms with E-state index in [4.69, 9.17) is 0 Å². The zero-order valence-electron chi connectivity index (χ0n) is 19.5. The van der Waals surface area contributed by atoms with E-state index < -0.39 is 17.8 Å². The highest BCUT2D eigenvalue weighted by Crippen LogP contribution is 2.31. The molecule has 0 saturated carbocycles. The Morgan fingerprint density at radius 1 is 0.944 bits per heavy atom. The Hall–Kier alpha value is -3.69. The summed E-state index contributed by atoms with van der Waals surface area (Å²) in [4.78, 5) is 22.4. The molecule has 1 aliphatic heterocycles. The second-order valence-corrected chi connectivity index (χ2v) is 8.89. The Balaban J connectivity index is 1.29. The van der Waals surface area contributed by atoms with E-state index in [0.29, 0.717) is 19.6 Å². The van der Waals surface area contributed by atoms with Crippen molar-refractivity contribution < 1.29 is 18.0 Å². The lowest BCUT2D eigenvalue weighted by atomic mass is 10.0. The number of anilines is 1. The number of halogens is 3. The summed E-state index contributed by atoms with van der Waals surface area (Å²) in [5.41, 5.74) is 2.02. The molecule has 5 rings (SSSR count). The molecular formula is C27H26F3N5O. The molecule has 0 spiro atoms. The van der Waals surface area contributed by atoms with Crippen LogP contribution in [0.25, 0.3) is 5.65 Å². The summed E-state index contributed by atoms with van der Waals surface area (Å²) in [5.74, 6) is -0.352. The topological polar surface area (TPSA) is 52.9 Å². The van der Waals surface area contributed by atoms with Crippen molar-refractivity contribution in [3.8, 4) is 0 Å². The maximum atomic E-state index is 13.4. The van der Waals surface area contributed by atoms with Gasteiger partial charge < -0.3 is 9.72 Å². The van der Waals surface area contributed by atoms with Crippen LogP contribution in [0, 0.1) is 0 Å². The molecule has 186 valence electrons. The molecule has 1 atom stereocenters. The van der Waals surface area contributed by atoms with Crippen molar-refractivity contribution in [3.63, 3.8) is 0 Å². The maximum Gasteiger partial charge on any atom is 0.416 e. The summed E-state index contributed by atoms with van der Waals surface area (Å²) in [5, 5.41) is 2.71. The van der Waals surface area contributed by atoms with Gasteiger partial charge in [0.25, 0.3) is 0 Å². The van der Waals surface area contributed by atoms with Crippen LogP contribution in [0.4, 0.5) is 18.9 Å². The van der Waals surface area contributed by atoms with Crippen LogP contribution < -0.4 is 5.32 Å². The largest absolute Gasteiger partial charge is 0.416 e. The van der Waals surface area contributed by atoms with E-state index in [1.165, 1.54) is 12.1 Å². The van der Waals surface area contributed by atoms with E-state index in [1.54, 1.807) is 0 Å². The number of rotatable bonds is 6. The second kappa shape index (κ2) is 10.1. The highest BCUT2D eigenvalue weighted by Gasteiger charge is 2.33.